The number of nitrogens with zero attached hydrogens (tertiary/aromatic N) is 5. The number of rotatable bonds is 8. The highest BCUT2D eigenvalue weighted by Gasteiger charge is 2.24. The molecule has 0 aliphatic carbocycles. The highest BCUT2D eigenvalue weighted by molar-refractivity contribution is 8.00. The predicted octanol–water partition coefficient (Wildman–Crippen LogP) is 4.15. The first-order valence-corrected chi connectivity index (χ1v) is 11.2. The first-order valence-electron chi connectivity index (χ1n) is 9.31. The van der Waals surface area contributed by atoms with Crippen LogP contribution in [-0.4, -0.2) is 43.1 Å². The molecule has 7 nitrogen and oxygen atoms in total. The van der Waals surface area contributed by atoms with Gasteiger partial charge in [-0.3, -0.25) is 9.36 Å². The second-order valence-corrected chi connectivity index (χ2v) is 8.58. The summed E-state index contributed by atoms with van der Waals surface area (Å²) < 4.78 is 20.2. The van der Waals surface area contributed by atoms with Crippen molar-refractivity contribution in [3.05, 3.63) is 53.4 Å². The number of carbonyl (C=O) groups is 1. The second kappa shape index (κ2) is 10.0. The molecule has 30 heavy (non-hydrogen) atoms. The second-order valence-electron chi connectivity index (χ2n) is 6.47. The summed E-state index contributed by atoms with van der Waals surface area (Å²) in [6, 6.07) is 7.99. The SMILES string of the molecule is CC[C@@H](Sc1nnc(CSc2nc(C)cc(C)n2)n1-c1ccc(F)cc1)C(=O)OC. The Balaban J connectivity index is 1.93. The number of aromatic nitrogens is 5. The average Bonchev–Trinajstić information content (AvgIpc) is 3.12. The molecule has 10 heteroatoms. The zero-order valence-corrected chi connectivity index (χ0v) is 18.8. The number of carbonyl (C=O) groups excluding carboxylic acids is 1. The van der Waals surface area contributed by atoms with Crippen molar-refractivity contribution in [2.45, 2.75) is 48.5 Å². The molecule has 3 rings (SSSR count). The number of hydrogen-bond donors (Lipinski definition) is 0. The lowest BCUT2D eigenvalue weighted by atomic mass is 10.3. The van der Waals surface area contributed by atoms with E-state index in [1.54, 1.807) is 12.1 Å². The number of esters is 1. The summed E-state index contributed by atoms with van der Waals surface area (Å²) in [4.78, 5) is 20.9. The van der Waals surface area contributed by atoms with Gasteiger partial charge in [-0.25, -0.2) is 14.4 Å². The molecule has 158 valence electrons. The van der Waals surface area contributed by atoms with Crippen LogP contribution in [-0.2, 0) is 15.3 Å². The van der Waals surface area contributed by atoms with Crippen molar-refractivity contribution in [2.24, 2.45) is 0 Å². The zero-order chi connectivity index (χ0) is 21.7. The van der Waals surface area contributed by atoms with Crippen LogP contribution in [0.2, 0.25) is 0 Å². The van der Waals surface area contributed by atoms with Gasteiger partial charge in [0.15, 0.2) is 10.3 Å². The molecule has 0 saturated heterocycles. The number of methoxy groups -OCH3 is 1. The molecule has 0 N–H and O–H groups in total. The van der Waals surface area contributed by atoms with Gasteiger partial charge in [-0.05, 0) is 50.6 Å². The van der Waals surface area contributed by atoms with Crippen molar-refractivity contribution >= 4 is 29.5 Å². The van der Waals surface area contributed by atoms with Crippen LogP contribution < -0.4 is 0 Å². The Bertz CT molecular complexity index is 1010. The van der Waals surface area contributed by atoms with Gasteiger partial charge in [-0.2, -0.15) is 0 Å². The van der Waals surface area contributed by atoms with Gasteiger partial charge >= 0.3 is 5.97 Å². The highest BCUT2D eigenvalue weighted by Crippen LogP contribution is 2.30. The Labute approximate surface area is 182 Å². The zero-order valence-electron chi connectivity index (χ0n) is 17.1. The summed E-state index contributed by atoms with van der Waals surface area (Å²) in [7, 11) is 1.36. The van der Waals surface area contributed by atoms with E-state index in [1.807, 2.05) is 31.4 Å². The van der Waals surface area contributed by atoms with Crippen molar-refractivity contribution in [3.63, 3.8) is 0 Å². The summed E-state index contributed by atoms with van der Waals surface area (Å²) in [5, 5.41) is 9.38. The standard InChI is InChI=1S/C20H22FN5O2S2/c1-5-16(18(27)28-4)30-20-25-24-17(26(20)15-8-6-14(21)7-9-15)11-29-19-22-12(2)10-13(3)23-19/h6-10,16H,5,11H2,1-4H3/t16-/m1/s1. The first kappa shape index (κ1) is 22.2. The van der Waals surface area contributed by atoms with Gasteiger partial charge in [0, 0.05) is 17.1 Å². The highest BCUT2D eigenvalue weighted by atomic mass is 32.2. The van der Waals surface area contributed by atoms with Crippen LogP contribution >= 0.6 is 23.5 Å². The fourth-order valence-corrected chi connectivity index (χ4v) is 4.64. The number of hydrogen-bond acceptors (Lipinski definition) is 8. The lowest BCUT2D eigenvalue weighted by Gasteiger charge is -2.14. The van der Waals surface area contributed by atoms with Gasteiger partial charge in [0.1, 0.15) is 16.9 Å². The molecule has 0 radical (unpaired) electrons. The Morgan fingerprint density at radius 3 is 2.43 bits per heavy atom. The van der Waals surface area contributed by atoms with Crippen molar-refractivity contribution in [1.82, 2.24) is 24.7 Å². The quantitative estimate of drug-likeness (QED) is 0.289. The molecule has 3 aromatic rings. The van der Waals surface area contributed by atoms with Crippen molar-refractivity contribution < 1.29 is 13.9 Å². The molecule has 0 saturated carbocycles. The van der Waals surface area contributed by atoms with Gasteiger partial charge in [0.2, 0.25) is 0 Å². The van der Waals surface area contributed by atoms with Crippen molar-refractivity contribution in [1.29, 1.82) is 0 Å². The molecule has 0 amide bonds. The van der Waals surface area contributed by atoms with E-state index in [0.717, 1.165) is 11.4 Å². The summed E-state index contributed by atoms with van der Waals surface area (Å²) >= 11 is 2.72. The van der Waals surface area contributed by atoms with Crippen LogP contribution in [0.3, 0.4) is 0 Å². The molecule has 1 atom stereocenters. The normalized spacial score (nSPS) is 12.0. The third kappa shape index (κ3) is 5.37. The Morgan fingerprint density at radius 2 is 1.83 bits per heavy atom. The van der Waals surface area contributed by atoms with E-state index in [4.69, 9.17) is 4.74 Å². The van der Waals surface area contributed by atoms with Crippen LogP contribution in [0, 0.1) is 19.7 Å². The molecular formula is C20H22FN5O2S2. The van der Waals surface area contributed by atoms with Crippen LogP contribution in [0.15, 0.2) is 40.6 Å². The topological polar surface area (TPSA) is 82.8 Å². The molecule has 2 aromatic heterocycles. The average molecular weight is 448 g/mol. The van der Waals surface area contributed by atoms with E-state index >= 15 is 0 Å². The maximum absolute atomic E-state index is 13.5. The minimum atomic E-state index is -0.415. The fraction of sp³-hybridized carbons (Fsp3) is 0.350. The Hall–Kier alpha value is -2.46. The van der Waals surface area contributed by atoms with Crippen molar-refractivity contribution in [3.8, 4) is 5.69 Å². The summed E-state index contributed by atoms with van der Waals surface area (Å²) in [5.41, 5.74) is 2.50. The van der Waals surface area contributed by atoms with E-state index < -0.39 is 5.25 Å². The Morgan fingerprint density at radius 1 is 1.17 bits per heavy atom. The molecular weight excluding hydrogens is 425 g/mol. The molecule has 1 aromatic carbocycles. The van der Waals surface area contributed by atoms with Crippen LogP contribution in [0.4, 0.5) is 4.39 Å². The number of aryl methyl sites for hydroxylation is 2. The first-order chi connectivity index (χ1) is 14.4. The lowest BCUT2D eigenvalue weighted by Crippen LogP contribution is -2.18. The molecule has 0 fully saturated rings. The van der Waals surface area contributed by atoms with Gasteiger partial charge in [0.05, 0.1) is 12.9 Å². The van der Waals surface area contributed by atoms with Gasteiger partial charge in [-0.15, -0.1) is 10.2 Å². The Kier molecular flexibility index (Phi) is 7.43. The van der Waals surface area contributed by atoms with Gasteiger partial charge in [0.25, 0.3) is 0 Å². The molecule has 0 bridgehead atoms. The fourth-order valence-electron chi connectivity index (χ4n) is 2.76. The maximum atomic E-state index is 13.5. The van der Waals surface area contributed by atoms with E-state index in [2.05, 4.69) is 20.2 Å². The van der Waals surface area contributed by atoms with E-state index in [0.29, 0.717) is 34.0 Å². The minimum Gasteiger partial charge on any atom is -0.468 e. The molecule has 0 aliphatic rings. The molecule has 0 aliphatic heterocycles. The van der Waals surface area contributed by atoms with E-state index in [1.165, 1.54) is 42.8 Å². The number of halogens is 1. The summed E-state index contributed by atoms with van der Waals surface area (Å²) in [6.45, 7) is 5.75. The summed E-state index contributed by atoms with van der Waals surface area (Å²) in [5.74, 6) is 0.455. The largest absolute Gasteiger partial charge is 0.468 e. The third-order valence-corrected chi connectivity index (χ3v) is 6.29. The minimum absolute atomic E-state index is 0.323. The summed E-state index contributed by atoms with van der Waals surface area (Å²) in [6.07, 6.45) is 0.577. The van der Waals surface area contributed by atoms with Crippen molar-refractivity contribution in [2.75, 3.05) is 7.11 Å². The van der Waals surface area contributed by atoms with E-state index in [9.17, 15) is 9.18 Å². The number of ether oxygens (including phenoxy) is 1. The molecule has 2 heterocycles. The maximum Gasteiger partial charge on any atom is 0.319 e. The number of benzene rings is 1. The predicted molar refractivity (Wildman–Crippen MR) is 114 cm³/mol. The monoisotopic (exact) mass is 447 g/mol. The van der Waals surface area contributed by atoms with Gasteiger partial charge in [-0.1, -0.05) is 30.4 Å². The van der Waals surface area contributed by atoms with Crippen LogP contribution in [0.5, 0.6) is 0 Å². The number of thioether (sulfide) groups is 2. The third-order valence-electron chi connectivity index (χ3n) is 4.16. The van der Waals surface area contributed by atoms with E-state index in [-0.39, 0.29) is 11.8 Å². The van der Waals surface area contributed by atoms with Gasteiger partial charge < -0.3 is 4.74 Å². The molecule has 0 spiro atoms. The molecule has 0 unspecified atom stereocenters. The van der Waals surface area contributed by atoms with Crippen LogP contribution in [0.1, 0.15) is 30.6 Å². The lowest BCUT2D eigenvalue weighted by molar-refractivity contribution is -0.140. The van der Waals surface area contributed by atoms with Crippen LogP contribution in [0.25, 0.3) is 5.69 Å². The smallest absolute Gasteiger partial charge is 0.319 e.